The Kier molecular flexibility index (Phi) is 3.75. The Balaban J connectivity index is 2.04. The molecule has 0 saturated heterocycles. The van der Waals surface area contributed by atoms with Gasteiger partial charge < -0.3 is 5.32 Å². The molecule has 0 aromatic heterocycles. The molecule has 3 nitrogen and oxygen atoms in total. The molecule has 1 amide bonds. The van der Waals surface area contributed by atoms with E-state index in [1.807, 2.05) is 6.07 Å². The van der Waals surface area contributed by atoms with Crippen LogP contribution in [0.5, 0.6) is 0 Å². The van der Waals surface area contributed by atoms with Crippen LogP contribution >= 0.6 is 0 Å². The standard InChI is InChI=1S/C10H16N2O/c1-8(7-11)10(13)12-6-5-9-3-2-4-9/h8-9H,2-6H2,1H3,(H,12,13). The fraction of sp³-hybridized carbons (Fsp3) is 0.800. The van der Waals surface area contributed by atoms with Crippen LogP contribution < -0.4 is 5.32 Å². The van der Waals surface area contributed by atoms with E-state index in [1.54, 1.807) is 6.92 Å². The Morgan fingerprint density at radius 2 is 2.38 bits per heavy atom. The Morgan fingerprint density at radius 1 is 1.69 bits per heavy atom. The number of carbonyl (C=O) groups is 1. The van der Waals surface area contributed by atoms with Crippen molar-refractivity contribution >= 4 is 5.91 Å². The molecule has 1 aliphatic rings. The minimum atomic E-state index is -0.513. The lowest BCUT2D eigenvalue weighted by molar-refractivity contribution is -0.123. The summed E-state index contributed by atoms with van der Waals surface area (Å²) in [5.41, 5.74) is 0. The zero-order chi connectivity index (χ0) is 9.68. The maximum atomic E-state index is 11.1. The van der Waals surface area contributed by atoms with Gasteiger partial charge in [0.2, 0.25) is 5.91 Å². The summed E-state index contributed by atoms with van der Waals surface area (Å²) in [5.74, 6) is 0.168. The maximum Gasteiger partial charge on any atom is 0.237 e. The SMILES string of the molecule is CC(C#N)C(=O)NCCC1CCC1. The summed E-state index contributed by atoms with van der Waals surface area (Å²) in [6.45, 7) is 2.36. The van der Waals surface area contributed by atoms with E-state index in [0.29, 0.717) is 0 Å². The second-order valence-corrected chi connectivity index (χ2v) is 3.73. The Morgan fingerprint density at radius 3 is 2.85 bits per heavy atom. The largest absolute Gasteiger partial charge is 0.355 e. The topological polar surface area (TPSA) is 52.9 Å². The van der Waals surface area contributed by atoms with Crippen LogP contribution in [0.25, 0.3) is 0 Å². The first-order valence-electron chi connectivity index (χ1n) is 4.91. The third kappa shape index (κ3) is 3.06. The molecule has 1 unspecified atom stereocenters. The molecule has 13 heavy (non-hydrogen) atoms. The molecule has 0 aromatic carbocycles. The molecule has 72 valence electrons. The zero-order valence-electron chi connectivity index (χ0n) is 8.05. The first kappa shape index (κ1) is 10.0. The molecule has 0 aromatic rings. The molecule has 0 radical (unpaired) electrons. The van der Waals surface area contributed by atoms with Gasteiger partial charge in [-0.2, -0.15) is 5.26 Å². The second-order valence-electron chi connectivity index (χ2n) is 3.73. The van der Waals surface area contributed by atoms with Crippen LogP contribution in [0.4, 0.5) is 0 Å². The van der Waals surface area contributed by atoms with Gasteiger partial charge in [-0.1, -0.05) is 19.3 Å². The van der Waals surface area contributed by atoms with Gasteiger partial charge >= 0.3 is 0 Å². The van der Waals surface area contributed by atoms with Crippen LogP contribution in [0.1, 0.15) is 32.6 Å². The van der Waals surface area contributed by atoms with Gasteiger partial charge in [-0.15, -0.1) is 0 Å². The molecule has 3 heteroatoms. The van der Waals surface area contributed by atoms with E-state index >= 15 is 0 Å². The Bertz CT molecular complexity index is 215. The van der Waals surface area contributed by atoms with Crippen LogP contribution in [0.15, 0.2) is 0 Å². The van der Waals surface area contributed by atoms with Crippen molar-refractivity contribution in [1.29, 1.82) is 5.26 Å². The van der Waals surface area contributed by atoms with Crippen molar-refractivity contribution in [3.8, 4) is 6.07 Å². The molecule has 0 heterocycles. The van der Waals surface area contributed by atoms with E-state index in [1.165, 1.54) is 19.3 Å². The highest BCUT2D eigenvalue weighted by Crippen LogP contribution is 2.28. The summed E-state index contributed by atoms with van der Waals surface area (Å²) in [5, 5.41) is 11.2. The highest BCUT2D eigenvalue weighted by atomic mass is 16.1. The maximum absolute atomic E-state index is 11.1. The van der Waals surface area contributed by atoms with Crippen molar-refractivity contribution in [3.05, 3.63) is 0 Å². The van der Waals surface area contributed by atoms with Crippen molar-refractivity contribution in [2.75, 3.05) is 6.54 Å². The number of hydrogen-bond acceptors (Lipinski definition) is 2. The molecular weight excluding hydrogens is 164 g/mol. The molecule has 1 aliphatic carbocycles. The smallest absolute Gasteiger partial charge is 0.237 e. The quantitative estimate of drug-likeness (QED) is 0.712. The predicted octanol–water partition coefficient (Wildman–Crippen LogP) is 1.45. The van der Waals surface area contributed by atoms with Gasteiger partial charge in [0.1, 0.15) is 5.92 Å². The minimum Gasteiger partial charge on any atom is -0.355 e. The molecule has 1 rings (SSSR count). The van der Waals surface area contributed by atoms with E-state index < -0.39 is 5.92 Å². The third-order valence-corrected chi connectivity index (χ3v) is 2.66. The summed E-state index contributed by atoms with van der Waals surface area (Å²) < 4.78 is 0. The van der Waals surface area contributed by atoms with E-state index in [4.69, 9.17) is 5.26 Å². The lowest BCUT2D eigenvalue weighted by Crippen LogP contribution is -2.31. The summed E-state index contributed by atoms with van der Waals surface area (Å²) in [4.78, 5) is 11.1. The molecule has 0 aliphatic heterocycles. The second kappa shape index (κ2) is 4.86. The highest BCUT2D eigenvalue weighted by molar-refractivity contribution is 5.80. The summed E-state index contributed by atoms with van der Waals surface area (Å²) >= 11 is 0. The first-order chi connectivity index (χ1) is 6.24. The van der Waals surface area contributed by atoms with E-state index in [0.717, 1.165) is 18.9 Å². The highest BCUT2D eigenvalue weighted by Gasteiger charge is 2.17. The Labute approximate surface area is 79.1 Å². The molecule has 1 atom stereocenters. The molecule has 1 N–H and O–H groups in total. The molecule has 0 spiro atoms. The normalized spacial score (nSPS) is 18.5. The third-order valence-electron chi connectivity index (χ3n) is 2.66. The number of amides is 1. The zero-order valence-corrected chi connectivity index (χ0v) is 8.05. The van der Waals surface area contributed by atoms with Gasteiger partial charge in [0.25, 0.3) is 0 Å². The van der Waals surface area contributed by atoms with Crippen molar-refractivity contribution in [2.24, 2.45) is 11.8 Å². The molecular formula is C10H16N2O. The fourth-order valence-corrected chi connectivity index (χ4v) is 1.39. The molecule has 1 saturated carbocycles. The van der Waals surface area contributed by atoms with Crippen molar-refractivity contribution < 1.29 is 4.79 Å². The van der Waals surface area contributed by atoms with Crippen molar-refractivity contribution in [1.82, 2.24) is 5.32 Å². The predicted molar refractivity (Wildman–Crippen MR) is 49.7 cm³/mol. The average Bonchev–Trinajstić information content (AvgIpc) is 2.07. The van der Waals surface area contributed by atoms with Crippen LogP contribution in [0.3, 0.4) is 0 Å². The first-order valence-corrected chi connectivity index (χ1v) is 4.91. The number of nitriles is 1. The minimum absolute atomic E-state index is 0.137. The van der Waals surface area contributed by atoms with Crippen molar-refractivity contribution in [2.45, 2.75) is 32.6 Å². The van der Waals surface area contributed by atoms with Crippen LogP contribution in [-0.2, 0) is 4.79 Å². The number of hydrogen-bond donors (Lipinski definition) is 1. The monoisotopic (exact) mass is 180 g/mol. The summed E-state index contributed by atoms with van der Waals surface area (Å²) in [6.07, 6.45) is 5.03. The lowest BCUT2D eigenvalue weighted by Gasteiger charge is -2.25. The number of nitrogens with zero attached hydrogens (tertiary/aromatic N) is 1. The van der Waals surface area contributed by atoms with E-state index in [2.05, 4.69) is 5.32 Å². The van der Waals surface area contributed by atoms with Crippen LogP contribution in [0.2, 0.25) is 0 Å². The summed E-state index contributed by atoms with van der Waals surface area (Å²) in [7, 11) is 0. The number of nitrogens with one attached hydrogen (secondary N) is 1. The van der Waals surface area contributed by atoms with Gasteiger partial charge in [0.15, 0.2) is 0 Å². The number of rotatable bonds is 4. The van der Waals surface area contributed by atoms with E-state index in [9.17, 15) is 4.79 Å². The van der Waals surface area contributed by atoms with Gasteiger partial charge in [-0.25, -0.2) is 0 Å². The van der Waals surface area contributed by atoms with Crippen LogP contribution in [0, 0.1) is 23.2 Å². The van der Waals surface area contributed by atoms with Crippen molar-refractivity contribution in [3.63, 3.8) is 0 Å². The lowest BCUT2D eigenvalue weighted by atomic mass is 9.83. The van der Waals surface area contributed by atoms with Crippen LogP contribution in [-0.4, -0.2) is 12.5 Å². The van der Waals surface area contributed by atoms with Gasteiger partial charge in [-0.05, 0) is 19.3 Å². The number of carbonyl (C=O) groups excluding carboxylic acids is 1. The molecule has 1 fully saturated rings. The molecule has 0 bridgehead atoms. The van der Waals surface area contributed by atoms with Gasteiger partial charge in [0.05, 0.1) is 6.07 Å². The average molecular weight is 180 g/mol. The van der Waals surface area contributed by atoms with E-state index in [-0.39, 0.29) is 5.91 Å². The fourth-order valence-electron chi connectivity index (χ4n) is 1.39. The van der Waals surface area contributed by atoms with Gasteiger partial charge in [-0.3, -0.25) is 4.79 Å². The Hall–Kier alpha value is -1.04. The summed E-state index contributed by atoms with van der Waals surface area (Å²) in [6, 6.07) is 1.92. The van der Waals surface area contributed by atoms with Gasteiger partial charge in [0, 0.05) is 6.54 Å².